The monoisotopic (exact) mass is 429 g/mol. The largest absolute Gasteiger partial charge is 0.355 e. The highest BCUT2D eigenvalue weighted by atomic mass is 79.9. The summed E-state index contributed by atoms with van der Waals surface area (Å²) in [7, 11) is 0. The number of amides is 1. The number of benzene rings is 1. The molecule has 134 valence electrons. The van der Waals surface area contributed by atoms with Crippen LogP contribution in [0.1, 0.15) is 18.4 Å². The Morgan fingerprint density at radius 3 is 3.08 bits per heavy atom. The Hall–Kier alpha value is -1.92. The molecule has 1 aliphatic heterocycles. The standard InChI is InChI=1S/C20H20BrN3OS/c1-13-11-15(4-5-17(13)21)23-20(25)14-3-2-9-24(12-14)19-16-7-10-26-18(16)6-8-22-19/h4-8,10-11,14H,2-3,9,12H2,1H3,(H,23,25). The average Bonchev–Trinajstić information content (AvgIpc) is 3.13. The quantitative estimate of drug-likeness (QED) is 0.620. The fraction of sp³-hybridized carbons (Fsp3) is 0.300. The van der Waals surface area contributed by atoms with E-state index in [1.54, 1.807) is 11.3 Å². The number of fused-ring (bicyclic) bond motifs is 1. The molecule has 1 amide bonds. The van der Waals surface area contributed by atoms with Crippen molar-refractivity contribution in [3.63, 3.8) is 0 Å². The van der Waals surface area contributed by atoms with E-state index in [0.29, 0.717) is 6.54 Å². The van der Waals surface area contributed by atoms with E-state index in [-0.39, 0.29) is 11.8 Å². The number of carbonyl (C=O) groups excluding carboxylic acids is 1. The van der Waals surface area contributed by atoms with Crippen LogP contribution in [0, 0.1) is 12.8 Å². The minimum absolute atomic E-state index is 0.0246. The number of carbonyl (C=O) groups is 1. The summed E-state index contributed by atoms with van der Waals surface area (Å²) in [4.78, 5) is 19.6. The summed E-state index contributed by atoms with van der Waals surface area (Å²) in [5.41, 5.74) is 1.97. The van der Waals surface area contributed by atoms with Crippen molar-refractivity contribution in [3.05, 3.63) is 51.9 Å². The Kier molecular flexibility index (Phi) is 4.96. The number of pyridine rings is 1. The molecule has 3 aromatic rings. The van der Waals surface area contributed by atoms with E-state index in [2.05, 4.69) is 42.6 Å². The van der Waals surface area contributed by atoms with Crippen LogP contribution in [0.5, 0.6) is 0 Å². The molecule has 1 aliphatic rings. The zero-order valence-electron chi connectivity index (χ0n) is 14.5. The molecule has 0 radical (unpaired) electrons. The molecule has 0 aliphatic carbocycles. The van der Waals surface area contributed by atoms with Crippen molar-refractivity contribution in [3.8, 4) is 0 Å². The molecular weight excluding hydrogens is 410 g/mol. The van der Waals surface area contributed by atoms with Gasteiger partial charge in [0.2, 0.25) is 5.91 Å². The first-order valence-electron chi connectivity index (χ1n) is 8.76. The summed E-state index contributed by atoms with van der Waals surface area (Å²) in [5.74, 6) is 1.07. The number of thiophene rings is 1. The summed E-state index contributed by atoms with van der Waals surface area (Å²) in [6.45, 7) is 3.68. The van der Waals surface area contributed by atoms with Gasteiger partial charge in [-0.1, -0.05) is 15.9 Å². The molecule has 4 nitrogen and oxygen atoms in total. The van der Waals surface area contributed by atoms with Gasteiger partial charge in [-0.05, 0) is 61.0 Å². The molecule has 4 rings (SSSR count). The molecule has 1 unspecified atom stereocenters. The Morgan fingerprint density at radius 1 is 1.35 bits per heavy atom. The lowest BCUT2D eigenvalue weighted by molar-refractivity contribution is -0.120. The summed E-state index contributed by atoms with van der Waals surface area (Å²) in [5, 5.41) is 6.36. The third-order valence-corrected chi connectivity index (χ3v) is 6.65. The van der Waals surface area contributed by atoms with Crippen LogP contribution in [-0.2, 0) is 4.79 Å². The first kappa shape index (κ1) is 17.5. The zero-order valence-corrected chi connectivity index (χ0v) is 16.9. The number of aromatic nitrogens is 1. The van der Waals surface area contributed by atoms with Crippen molar-refractivity contribution in [1.29, 1.82) is 0 Å². The number of anilines is 2. The zero-order chi connectivity index (χ0) is 18.1. The van der Waals surface area contributed by atoms with Gasteiger partial charge in [-0.25, -0.2) is 4.98 Å². The number of nitrogens with one attached hydrogen (secondary N) is 1. The molecule has 26 heavy (non-hydrogen) atoms. The van der Waals surface area contributed by atoms with Crippen molar-refractivity contribution in [2.45, 2.75) is 19.8 Å². The topological polar surface area (TPSA) is 45.2 Å². The summed E-state index contributed by atoms with van der Waals surface area (Å²) in [6.07, 6.45) is 3.78. The van der Waals surface area contributed by atoms with Crippen LogP contribution >= 0.6 is 27.3 Å². The second-order valence-corrected chi connectivity index (χ2v) is 8.51. The highest BCUT2D eigenvalue weighted by molar-refractivity contribution is 9.10. The summed E-state index contributed by atoms with van der Waals surface area (Å²) >= 11 is 5.22. The molecule has 6 heteroatoms. The molecule has 1 atom stereocenters. The van der Waals surface area contributed by atoms with Crippen molar-refractivity contribution in [2.75, 3.05) is 23.3 Å². The Bertz CT molecular complexity index is 955. The minimum Gasteiger partial charge on any atom is -0.355 e. The van der Waals surface area contributed by atoms with Gasteiger partial charge in [-0.15, -0.1) is 11.3 Å². The second-order valence-electron chi connectivity index (χ2n) is 6.71. The second kappa shape index (κ2) is 7.37. The normalized spacial score (nSPS) is 17.5. The van der Waals surface area contributed by atoms with Gasteiger partial charge in [0.05, 0.1) is 5.92 Å². The lowest BCUT2D eigenvalue weighted by Gasteiger charge is -2.33. The van der Waals surface area contributed by atoms with Crippen LogP contribution in [0.15, 0.2) is 46.4 Å². The van der Waals surface area contributed by atoms with Crippen molar-refractivity contribution >= 4 is 54.8 Å². The molecule has 1 fully saturated rings. The molecule has 2 aromatic heterocycles. The van der Waals surface area contributed by atoms with E-state index in [9.17, 15) is 4.79 Å². The fourth-order valence-electron chi connectivity index (χ4n) is 3.48. The summed E-state index contributed by atoms with van der Waals surface area (Å²) < 4.78 is 2.29. The van der Waals surface area contributed by atoms with Crippen LogP contribution < -0.4 is 10.2 Å². The third kappa shape index (κ3) is 3.48. The van der Waals surface area contributed by atoms with Gasteiger partial charge >= 0.3 is 0 Å². The highest BCUT2D eigenvalue weighted by Crippen LogP contribution is 2.31. The van der Waals surface area contributed by atoms with Gasteiger partial charge in [0.15, 0.2) is 0 Å². The Labute approximate surface area is 165 Å². The predicted octanol–water partition coefficient (Wildman–Crippen LogP) is 5.22. The van der Waals surface area contributed by atoms with E-state index in [1.807, 2.05) is 37.4 Å². The lowest BCUT2D eigenvalue weighted by atomic mass is 9.96. The first-order valence-corrected chi connectivity index (χ1v) is 10.4. The number of hydrogen-bond acceptors (Lipinski definition) is 4. The van der Waals surface area contributed by atoms with E-state index in [1.165, 1.54) is 10.1 Å². The van der Waals surface area contributed by atoms with Gasteiger partial charge in [-0.2, -0.15) is 0 Å². The van der Waals surface area contributed by atoms with E-state index < -0.39 is 0 Å². The smallest absolute Gasteiger partial charge is 0.229 e. The summed E-state index contributed by atoms with van der Waals surface area (Å²) in [6, 6.07) is 10.1. The Balaban J connectivity index is 1.50. The van der Waals surface area contributed by atoms with E-state index in [0.717, 1.165) is 40.9 Å². The maximum atomic E-state index is 12.8. The number of nitrogens with zero attached hydrogens (tertiary/aromatic N) is 2. The molecule has 0 bridgehead atoms. The molecule has 1 aromatic carbocycles. The van der Waals surface area contributed by atoms with Gasteiger partial charge in [0.1, 0.15) is 5.82 Å². The van der Waals surface area contributed by atoms with E-state index >= 15 is 0 Å². The lowest BCUT2D eigenvalue weighted by Crippen LogP contribution is -2.41. The first-order chi connectivity index (χ1) is 12.6. The van der Waals surface area contributed by atoms with Crippen LogP contribution in [0.3, 0.4) is 0 Å². The molecule has 1 saturated heterocycles. The van der Waals surface area contributed by atoms with E-state index in [4.69, 9.17) is 0 Å². The van der Waals surface area contributed by atoms with Crippen molar-refractivity contribution in [1.82, 2.24) is 4.98 Å². The van der Waals surface area contributed by atoms with Crippen LogP contribution in [0.2, 0.25) is 0 Å². The molecule has 0 saturated carbocycles. The molecule has 3 heterocycles. The van der Waals surface area contributed by atoms with Gasteiger partial charge in [0.25, 0.3) is 0 Å². The fourth-order valence-corrected chi connectivity index (χ4v) is 4.51. The number of halogens is 1. The third-order valence-electron chi connectivity index (χ3n) is 4.88. The molecule has 1 N–H and O–H groups in total. The van der Waals surface area contributed by atoms with Crippen LogP contribution in [0.4, 0.5) is 11.5 Å². The van der Waals surface area contributed by atoms with Crippen molar-refractivity contribution < 1.29 is 4.79 Å². The number of piperidine rings is 1. The van der Waals surface area contributed by atoms with Crippen LogP contribution in [-0.4, -0.2) is 24.0 Å². The number of aryl methyl sites for hydroxylation is 1. The molecule has 0 spiro atoms. The van der Waals surface area contributed by atoms with Gasteiger partial charge in [0, 0.05) is 39.5 Å². The average molecular weight is 430 g/mol. The van der Waals surface area contributed by atoms with Gasteiger partial charge in [-0.3, -0.25) is 4.79 Å². The maximum absolute atomic E-state index is 12.8. The minimum atomic E-state index is -0.0246. The number of rotatable bonds is 3. The predicted molar refractivity (Wildman–Crippen MR) is 112 cm³/mol. The molecular formula is C20H20BrN3OS. The van der Waals surface area contributed by atoms with Gasteiger partial charge < -0.3 is 10.2 Å². The number of hydrogen-bond donors (Lipinski definition) is 1. The maximum Gasteiger partial charge on any atom is 0.229 e. The SMILES string of the molecule is Cc1cc(NC(=O)C2CCCN(c3nccc4sccc34)C2)ccc1Br. The Morgan fingerprint density at radius 2 is 2.23 bits per heavy atom. The van der Waals surface area contributed by atoms with Crippen molar-refractivity contribution in [2.24, 2.45) is 5.92 Å². The van der Waals surface area contributed by atoms with Crippen LogP contribution in [0.25, 0.3) is 10.1 Å². The highest BCUT2D eigenvalue weighted by Gasteiger charge is 2.27.